The number of cyclic esters (lactones) is 2. The molecule has 2 saturated heterocycles. The zero-order valence-electron chi connectivity index (χ0n) is 29.3. The molecule has 17 heteroatoms. The predicted octanol–water partition coefficient (Wildman–Crippen LogP) is 4.51. The lowest BCUT2D eigenvalue weighted by Crippen LogP contribution is -2.61. The van der Waals surface area contributed by atoms with Crippen LogP contribution in [0, 0.1) is 0 Å². The first kappa shape index (κ1) is 32.9. The highest BCUT2D eigenvalue weighted by Crippen LogP contribution is 2.40. The lowest BCUT2D eigenvalue weighted by molar-refractivity contribution is -0.135. The Labute approximate surface area is 312 Å². The third-order valence-electron chi connectivity index (χ3n) is 11.0. The van der Waals surface area contributed by atoms with Crippen molar-refractivity contribution in [1.29, 1.82) is 0 Å². The maximum absolute atomic E-state index is 13.4. The average molecular weight is 743 g/mol. The minimum atomic E-state index is -1.85. The highest BCUT2D eigenvalue weighted by molar-refractivity contribution is 5.98. The number of carbonyl (C=O) groups is 3. The normalized spacial score (nSPS) is 20.3. The molecule has 17 nitrogen and oxygen atoms in total. The average Bonchev–Trinajstić information content (AvgIpc) is 4.04. The van der Waals surface area contributed by atoms with Crippen molar-refractivity contribution in [1.82, 2.24) is 36.0 Å². The Morgan fingerprint density at radius 3 is 2.00 bits per heavy atom. The summed E-state index contributed by atoms with van der Waals surface area (Å²) in [6, 6.07) is 14.5. The molecule has 0 saturated carbocycles. The molecule has 6 heterocycles. The van der Waals surface area contributed by atoms with Crippen molar-refractivity contribution in [3.05, 3.63) is 83.2 Å². The number of ether oxygens (including phenoxy) is 2. The summed E-state index contributed by atoms with van der Waals surface area (Å²) in [5, 5.41) is 26.1. The van der Waals surface area contributed by atoms with Gasteiger partial charge in [0.2, 0.25) is 0 Å². The van der Waals surface area contributed by atoms with Crippen molar-refractivity contribution < 1.29 is 32.9 Å². The number of carbonyl (C=O) groups excluding carboxylic acids is 3. The van der Waals surface area contributed by atoms with Crippen LogP contribution in [-0.2, 0) is 40.0 Å². The molecular weight excluding hydrogens is 708 g/mol. The molecule has 3 amide bonds. The van der Waals surface area contributed by atoms with E-state index in [1.54, 1.807) is 29.4 Å². The standard InChI is InChI=1S/C38H34N10O7/c39-35(49)38(19-47(36(50)53-38)22-7-9-25-20(15-22)3-1-5-27-31(25)43-45-33(27)29-11-13-41-54-29)40-17-24-18-52-37(51)48(24)23-8-10-26-21(16-23)4-2-6-28-32(26)44-46-34(28)30-12-14-42-55-30/h7-16,24,40H,1-6,17-19H2,(H2,39,49)(H,43,45)(H,44,46)/t24?,38-/m0/s1. The molecule has 10 rings (SSSR count). The molecule has 0 spiro atoms. The van der Waals surface area contributed by atoms with E-state index in [-0.39, 0.29) is 19.7 Å². The fourth-order valence-electron chi connectivity index (χ4n) is 8.27. The summed E-state index contributed by atoms with van der Waals surface area (Å²) in [6.07, 6.45) is 6.74. The van der Waals surface area contributed by atoms with Crippen LogP contribution in [0.3, 0.4) is 0 Å². The molecule has 2 aromatic carbocycles. The van der Waals surface area contributed by atoms with Crippen LogP contribution >= 0.6 is 0 Å². The second-order valence-electron chi connectivity index (χ2n) is 14.1. The van der Waals surface area contributed by atoms with Gasteiger partial charge >= 0.3 is 12.2 Å². The molecule has 4 aliphatic rings. The van der Waals surface area contributed by atoms with E-state index in [2.05, 4.69) is 36.0 Å². The first-order valence-corrected chi connectivity index (χ1v) is 18.1. The van der Waals surface area contributed by atoms with Crippen molar-refractivity contribution in [3.8, 4) is 45.4 Å². The van der Waals surface area contributed by atoms with Gasteiger partial charge in [0.1, 0.15) is 18.0 Å². The number of rotatable bonds is 8. The van der Waals surface area contributed by atoms with Crippen molar-refractivity contribution in [2.45, 2.75) is 50.3 Å². The van der Waals surface area contributed by atoms with E-state index in [0.717, 1.165) is 94.7 Å². The van der Waals surface area contributed by atoms with Crippen molar-refractivity contribution >= 4 is 29.5 Å². The quantitative estimate of drug-likeness (QED) is 0.169. The Kier molecular flexibility index (Phi) is 7.58. The number of nitrogens with zero attached hydrogens (tertiary/aromatic N) is 6. The minimum absolute atomic E-state index is 0.0540. The molecule has 2 atom stereocenters. The van der Waals surface area contributed by atoms with E-state index in [1.807, 2.05) is 36.4 Å². The molecule has 4 aromatic heterocycles. The SMILES string of the molecule is NC(=O)[C@]1(NCC2COC(=O)N2c2ccc3c(c2)CCCc2c(-c4ccno4)n[nH]c2-3)CN(c2ccc3c(c2)CCCc2c(-c4ccno4)n[nH]c2-3)C(=O)O1. The number of hydrogen-bond donors (Lipinski definition) is 4. The molecule has 0 bridgehead atoms. The van der Waals surface area contributed by atoms with Crippen LogP contribution in [-0.4, -0.2) is 80.3 Å². The van der Waals surface area contributed by atoms with Crippen LogP contribution < -0.4 is 20.9 Å². The van der Waals surface area contributed by atoms with Gasteiger partial charge in [-0.1, -0.05) is 22.4 Å². The highest BCUT2D eigenvalue weighted by atomic mass is 16.6. The first-order chi connectivity index (χ1) is 26.9. The van der Waals surface area contributed by atoms with E-state index in [1.165, 1.54) is 4.90 Å². The van der Waals surface area contributed by atoms with E-state index >= 15 is 0 Å². The number of amides is 3. The van der Waals surface area contributed by atoms with Crippen molar-refractivity contribution in [3.63, 3.8) is 0 Å². The topological polar surface area (TPSA) is 224 Å². The summed E-state index contributed by atoms with van der Waals surface area (Å²) in [4.78, 5) is 42.6. The van der Waals surface area contributed by atoms with Gasteiger partial charge in [0.15, 0.2) is 11.5 Å². The number of hydrogen-bond acceptors (Lipinski definition) is 12. The van der Waals surface area contributed by atoms with Gasteiger partial charge in [-0.2, -0.15) is 10.2 Å². The fourth-order valence-corrected chi connectivity index (χ4v) is 8.27. The lowest BCUT2D eigenvalue weighted by atomic mass is 10.00. The van der Waals surface area contributed by atoms with Crippen LogP contribution in [0.2, 0.25) is 0 Å². The summed E-state index contributed by atoms with van der Waals surface area (Å²) in [7, 11) is 0. The number of nitrogens with two attached hydrogens (primary N) is 1. The predicted molar refractivity (Wildman–Crippen MR) is 194 cm³/mol. The zero-order chi connectivity index (χ0) is 37.3. The Bertz CT molecular complexity index is 2470. The number of benzene rings is 2. The number of aromatic amines is 2. The van der Waals surface area contributed by atoms with Gasteiger partial charge in [0.05, 0.1) is 36.4 Å². The molecule has 5 N–H and O–H groups in total. The minimum Gasteiger partial charge on any atom is -0.447 e. The molecule has 55 heavy (non-hydrogen) atoms. The Hall–Kier alpha value is -6.75. The van der Waals surface area contributed by atoms with Crippen molar-refractivity contribution in [2.24, 2.45) is 5.73 Å². The summed E-state index contributed by atoms with van der Waals surface area (Å²) in [6.45, 7) is -0.0640. The van der Waals surface area contributed by atoms with Crippen LogP contribution in [0.1, 0.15) is 35.1 Å². The number of primary amides is 1. The molecular formula is C38H34N10O7. The number of aromatic nitrogens is 6. The molecule has 6 aromatic rings. The lowest BCUT2D eigenvalue weighted by Gasteiger charge is -2.28. The fraction of sp³-hybridized carbons (Fsp3) is 0.289. The molecule has 2 aliphatic carbocycles. The Morgan fingerprint density at radius 2 is 1.42 bits per heavy atom. The maximum atomic E-state index is 13.4. The van der Waals surface area contributed by atoms with Crippen LogP contribution in [0.15, 0.2) is 70.0 Å². The van der Waals surface area contributed by atoms with E-state index in [0.29, 0.717) is 22.9 Å². The number of fused-ring (bicyclic) bond motifs is 6. The van der Waals surface area contributed by atoms with Gasteiger partial charge in [0, 0.05) is 52.3 Å². The molecule has 278 valence electrons. The summed E-state index contributed by atoms with van der Waals surface area (Å²) >= 11 is 0. The number of anilines is 2. The van der Waals surface area contributed by atoms with Gasteiger partial charge in [-0.15, -0.1) is 0 Å². The van der Waals surface area contributed by atoms with Crippen LogP contribution in [0.4, 0.5) is 21.0 Å². The highest BCUT2D eigenvalue weighted by Gasteiger charge is 2.52. The van der Waals surface area contributed by atoms with Gasteiger partial charge in [-0.3, -0.25) is 30.1 Å². The molecule has 0 radical (unpaired) electrons. The van der Waals surface area contributed by atoms with Crippen LogP contribution in [0.5, 0.6) is 0 Å². The third kappa shape index (κ3) is 5.37. The van der Waals surface area contributed by atoms with Crippen LogP contribution in [0.25, 0.3) is 45.4 Å². The number of aryl methyl sites for hydroxylation is 2. The Balaban J connectivity index is 0.879. The number of H-pyrrole nitrogens is 2. The zero-order valence-corrected chi connectivity index (χ0v) is 29.3. The van der Waals surface area contributed by atoms with E-state index in [9.17, 15) is 14.4 Å². The smallest absolute Gasteiger partial charge is 0.416 e. The molecule has 2 aliphatic heterocycles. The first-order valence-electron chi connectivity index (χ1n) is 18.1. The van der Waals surface area contributed by atoms with Crippen molar-refractivity contribution in [2.75, 3.05) is 29.5 Å². The summed E-state index contributed by atoms with van der Waals surface area (Å²) < 4.78 is 22.0. The largest absolute Gasteiger partial charge is 0.447 e. The second-order valence-corrected chi connectivity index (χ2v) is 14.1. The van der Waals surface area contributed by atoms with Gasteiger partial charge < -0.3 is 24.3 Å². The second kappa shape index (κ2) is 12.7. The Morgan fingerprint density at radius 1 is 0.818 bits per heavy atom. The number of nitrogens with one attached hydrogen (secondary N) is 3. The molecule has 2 fully saturated rings. The van der Waals surface area contributed by atoms with E-state index < -0.39 is 29.9 Å². The van der Waals surface area contributed by atoms with E-state index in [4.69, 9.17) is 24.3 Å². The summed E-state index contributed by atoms with van der Waals surface area (Å²) in [5.41, 5.74) is 14.6. The van der Waals surface area contributed by atoms with Gasteiger partial charge in [-0.05, 0) is 73.9 Å². The third-order valence-corrected chi connectivity index (χ3v) is 11.0. The van der Waals surface area contributed by atoms with Gasteiger partial charge in [0.25, 0.3) is 11.6 Å². The maximum Gasteiger partial charge on any atom is 0.416 e. The molecule has 1 unspecified atom stereocenters. The monoisotopic (exact) mass is 742 g/mol. The summed E-state index contributed by atoms with van der Waals surface area (Å²) in [5.74, 6) is 0.333. The van der Waals surface area contributed by atoms with Gasteiger partial charge in [-0.25, -0.2) is 9.59 Å².